The van der Waals surface area contributed by atoms with E-state index in [9.17, 15) is 0 Å². The third kappa shape index (κ3) is 3.25. The largest absolute Gasteiger partial charge is 0.382 e. The zero-order valence-electron chi connectivity index (χ0n) is 13.4. The number of hydrogen-bond donors (Lipinski definition) is 1. The number of aromatic nitrogens is 3. The van der Waals surface area contributed by atoms with E-state index >= 15 is 0 Å². The van der Waals surface area contributed by atoms with Gasteiger partial charge < -0.3 is 15.0 Å². The Labute approximate surface area is 135 Å². The van der Waals surface area contributed by atoms with E-state index in [4.69, 9.17) is 15.0 Å². The summed E-state index contributed by atoms with van der Waals surface area (Å²) in [4.78, 5) is 2.39. The summed E-state index contributed by atoms with van der Waals surface area (Å²) in [5, 5.41) is 8.50. The second kappa shape index (κ2) is 5.98. The molecule has 4 rings (SSSR count). The van der Waals surface area contributed by atoms with Gasteiger partial charge in [-0.2, -0.15) is 5.10 Å². The van der Waals surface area contributed by atoms with Crippen molar-refractivity contribution in [3.8, 4) is 0 Å². The molecule has 2 aromatic rings. The highest BCUT2D eigenvalue weighted by Crippen LogP contribution is 2.39. The summed E-state index contributed by atoms with van der Waals surface area (Å²) in [5.74, 6) is 2.12. The van der Waals surface area contributed by atoms with Crippen LogP contribution in [0, 0.1) is 0 Å². The molecule has 3 heterocycles. The fourth-order valence-electron chi connectivity index (χ4n) is 3.36. The number of nitrogens with two attached hydrogens (primary N) is 1. The lowest BCUT2D eigenvalue weighted by Gasteiger charge is -2.22. The lowest BCUT2D eigenvalue weighted by Crippen LogP contribution is -2.32. The lowest BCUT2D eigenvalue weighted by atomic mass is 10.2. The minimum Gasteiger partial charge on any atom is -0.382 e. The number of nitrogens with zero attached hydrogens (tertiary/aromatic N) is 4. The van der Waals surface area contributed by atoms with Crippen LogP contribution in [0.3, 0.4) is 0 Å². The molecule has 2 fully saturated rings. The summed E-state index contributed by atoms with van der Waals surface area (Å²) < 4.78 is 13.0. The highest BCUT2D eigenvalue weighted by molar-refractivity contribution is 5.23. The van der Waals surface area contributed by atoms with Gasteiger partial charge in [0.15, 0.2) is 5.76 Å². The number of ether oxygens (including phenoxy) is 1. The molecule has 2 aromatic heterocycles. The molecule has 0 spiro atoms. The summed E-state index contributed by atoms with van der Waals surface area (Å²) in [6.45, 7) is 2.47. The standard InChI is InChI=1S/C16H23N5O2/c1-22-13-6-12(8-21-5-4-16(17)18-21)20(9-13)10-14-7-15(19-23-14)11-2-3-11/h4-5,7,11-13H,2-3,6,8-10H2,1H3,(H2,17,18)/t12-,13-/m0/s1. The van der Waals surface area contributed by atoms with Crippen molar-refractivity contribution >= 4 is 5.82 Å². The Morgan fingerprint density at radius 1 is 1.43 bits per heavy atom. The first kappa shape index (κ1) is 14.7. The molecule has 1 saturated carbocycles. The number of hydrogen-bond acceptors (Lipinski definition) is 6. The van der Waals surface area contributed by atoms with E-state index in [1.807, 2.05) is 16.9 Å². The molecule has 2 aliphatic rings. The first-order chi connectivity index (χ1) is 11.2. The number of nitrogen functional groups attached to an aromatic ring is 1. The van der Waals surface area contributed by atoms with E-state index in [0.717, 1.165) is 37.5 Å². The van der Waals surface area contributed by atoms with Gasteiger partial charge in [0.25, 0.3) is 0 Å². The van der Waals surface area contributed by atoms with Crippen molar-refractivity contribution < 1.29 is 9.26 Å². The van der Waals surface area contributed by atoms with Crippen LogP contribution >= 0.6 is 0 Å². The summed E-state index contributed by atoms with van der Waals surface area (Å²) in [7, 11) is 1.77. The van der Waals surface area contributed by atoms with E-state index < -0.39 is 0 Å². The maximum Gasteiger partial charge on any atom is 0.150 e. The predicted molar refractivity (Wildman–Crippen MR) is 84.7 cm³/mol. The summed E-state index contributed by atoms with van der Waals surface area (Å²) >= 11 is 0. The molecule has 0 unspecified atom stereocenters. The van der Waals surface area contributed by atoms with Gasteiger partial charge in [-0.15, -0.1) is 0 Å². The maximum absolute atomic E-state index is 5.71. The number of anilines is 1. The summed E-state index contributed by atoms with van der Waals surface area (Å²) in [6, 6.07) is 4.29. The molecule has 124 valence electrons. The highest BCUT2D eigenvalue weighted by atomic mass is 16.5. The van der Waals surface area contributed by atoms with Crippen LogP contribution in [0.5, 0.6) is 0 Å². The highest BCUT2D eigenvalue weighted by Gasteiger charge is 2.34. The van der Waals surface area contributed by atoms with Crippen molar-refractivity contribution in [3.63, 3.8) is 0 Å². The molecule has 0 bridgehead atoms. The van der Waals surface area contributed by atoms with Gasteiger partial charge in [-0.05, 0) is 25.3 Å². The van der Waals surface area contributed by atoms with E-state index in [0.29, 0.717) is 17.8 Å². The Hall–Kier alpha value is -1.86. The van der Waals surface area contributed by atoms with Crippen molar-refractivity contribution in [1.29, 1.82) is 0 Å². The zero-order valence-corrected chi connectivity index (χ0v) is 13.4. The predicted octanol–water partition coefficient (Wildman–Crippen LogP) is 1.62. The van der Waals surface area contributed by atoms with E-state index in [-0.39, 0.29) is 6.10 Å². The molecule has 2 atom stereocenters. The smallest absolute Gasteiger partial charge is 0.150 e. The molecule has 1 aliphatic carbocycles. The van der Waals surface area contributed by atoms with Crippen molar-refractivity contribution in [1.82, 2.24) is 19.8 Å². The summed E-state index contributed by atoms with van der Waals surface area (Å²) in [6.07, 6.45) is 5.64. The van der Waals surface area contributed by atoms with Gasteiger partial charge in [0.2, 0.25) is 0 Å². The van der Waals surface area contributed by atoms with Crippen LogP contribution in [-0.4, -0.2) is 45.6 Å². The third-order valence-electron chi connectivity index (χ3n) is 4.81. The zero-order chi connectivity index (χ0) is 15.8. The fraction of sp³-hybridized carbons (Fsp3) is 0.625. The molecule has 0 amide bonds. The van der Waals surface area contributed by atoms with Crippen LogP contribution in [0.4, 0.5) is 5.82 Å². The maximum atomic E-state index is 5.71. The van der Waals surface area contributed by atoms with Crippen LogP contribution in [-0.2, 0) is 17.8 Å². The van der Waals surface area contributed by atoms with Crippen molar-refractivity contribution in [3.05, 3.63) is 29.8 Å². The normalized spacial score (nSPS) is 25.3. The van der Waals surface area contributed by atoms with Gasteiger partial charge in [-0.25, -0.2) is 0 Å². The number of rotatable bonds is 6. The SMILES string of the molecule is CO[C@H]1C[C@@H](Cn2ccc(N)n2)N(Cc2cc(C3CC3)no2)C1. The molecule has 0 radical (unpaired) electrons. The Bertz CT molecular complexity index is 663. The van der Waals surface area contributed by atoms with Crippen LogP contribution in [0.2, 0.25) is 0 Å². The van der Waals surface area contributed by atoms with Gasteiger partial charge in [-0.3, -0.25) is 9.58 Å². The minimum absolute atomic E-state index is 0.249. The topological polar surface area (TPSA) is 82.3 Å². The quantitative estimate of drug-likeness (QED) is 0.872. The Balaban J connectivity index is 1.44. The van der Waals surface area contributed by atoms with Gasteiger partial charge >= 0.3 is 0 Å². The average molecular weight is 317 g/mol. The Morgan fingerprint density at radius 3 is 3.00 bits per heavy atom. The molecule has 1 saturated heterocycles. The molecular formula is C16H23N5O2. The first-order valence-electron chi connectivity index (χ1n) is 8.22. The molecule has 23 heavy (non-hydrogen) atoms. The molecule has 7 nitrogen and oxygen atoms in total. The first-order valence-corrected chi connectivity index (χ1v) is 8.22. The second-order valence-electron chi connectivity index (χ2n) is 6.63. The molecule has 2 N–H and O–H groups in total. The van der Waals surface area contributed by atoms with E-state index in [1.54, 1.807) is 7.11 Å². The van der Waals surface area contributed by atoms with Crippen molar-refractivity contribution in [2.75, 3.05) is 19.4 Å². The van der Waals surface area contributed by atoms with Gasteiger partial charge in [0, 0.05) is 37.9 Å². The number of methoxy groups -OCH3 is 1. The fourth-order valence-corrected chi connectivity index (χ4v) is 3.36. The van der Waals surface area contributed by atoms with Crippen molar-refractivity contribution in [2.24, 2.45) is 0 Å². The Morgan fingerprint density at radius 2 is 2.30 bits per heavy atom. The minimum atomic E-state index is 0.249. The van der Waals surface area contributed by atoms with Crippen LogP contribution < -0.4 is 5.73 Å². The lowest BCUT2D eigenvalue weighted by molar-refractivity contribution is 0.105. The molecule has 7 heteroatoms. The third-order valence-corrected chi connectivity index (χ3v) is 4.81. The second-order valence-corrected chi connectivity index (χ2v) is 6.63. The van der Waals surface area contributed by atoms with E-state index in [1.165, 1.54) is 12.8 Å². The van der Waals surface area contributed by atoms with Gasteiger partial charge in [-0.1, -0.05) is 5.16 Å². The van der Waals surface area contributed by atoms with Crippen molar-refractivity contribution in [2.45, 2.75) is 50.4 Å². The van der Waals surface area contributed by atoms with Gasteiger partial charge in [0.05, 0.1) is 24.9 Å². The average Bonchev–Trinajstić information content (AvgIpc) is 2.96. The monoisotopic (exact) mass is 317 g/mol. The van der Waals surface area contributed by atoms with E-state index in [2.05, 4.69) is 21.2 Å². The van der Waals surface area contributed by atoms with Crippen LogP contribution in [0.1, 0.15) is 36.6 Å². The Kier molecular flexibility index (Phi) is 3.82. The molecule has 1 aliphatic heterocycles. The van der Waals surface area contributed by atoms with Crippen LogP contribution in [0.15, 0.2) is 22.9 Å². The molecule has 0 aromatic carbocycles. The van der Waals surface area contributed by atoms with Crippen LogP contribution in [0.25, 0.3) is 0 Å². The summed E-state index contributed by atoms with van der Waals surface area (Å²) in [5.41, 5.74) is 6.82. The molecular weight excluding hydrogens is 294 g/mol. The van der Waals surface area contributed by atoms with Gasteiger partial charge in [0.1, 0.15) is 5.82 Å². The number of likely N-dealkylation sites (tertiary alicyclic amines) is 1.